The monoisotopic (exact) mass is 358 g/mol. The smallest absolute Gasteiger partial charge is 0.224 e. The van der Waals surface area contributed by atoms with Gasteiger partial charge in [-0.25, -0.2) is 0 Å². The van der Waals surface area contributed by atoms with Crippen molar-refractivity contribution in [2.24, 2.45) is 0 Å². The fourth-order valence-corrected chi connectivity index (χ4v) is 3.49. The molecule has 0 aliphatic carbocycles. The predicted octanol–water partition coefficient (Wildman–Crippen LogP) is 3.58. The Bertz CT molecular complexity index is 709. The van der Waals surface area contributed by atoms with Crippen LogP contribution in [0.25, 0.3) is 0 Å². The fourth-order valence-electron chi connectivity index (χ4n) is 2.80. The molecule has 1 aliphatic rings. The van der Waals surface area contributed by atoms with Crippen molar-refractivity contribution in [3.8, 4) is 0 Å². The average Bonchev–Trinajstić information content (AvgIpc) is 3.17. The first-order valence-corrected chi connectivity index (χ1v) is 9.39. The van der Waals surface area contributed by atoms with E-state index in [9.17, 15) is 9.59 Å². The summed E-state index contributed by atoms with van der Waals surface area (Å²) in [6.07, 6.45) is 1.31. The molecule has 0 saturated carbocycles. The summed E-state index contributed by atoms with van der Waals surface area (Å²) < 4.78 is 5.37. The molecular weight excluding hydrogens is 336 g/mol. The quantitative estimate of drug-likeness (QED) is 0.769. The number of benzene rings is 1. The Morgan fingerprint density at radius 3 is 2.72 bits per heavy atom. The minimum Gasteiger partial charge on any atom is -0.378 e. The van der Waals surface area contributed by atoms with Crippen LogP contribution in [0, 0.1) is 0 Å². The van der Waals surface area contributed by atoms with E-state index in [1.807, 2.05) is 41.8 Å². The lowest BCUT2D eigenvalue weighted by Gasteiger charge is -2.29. The van der Waals surface area contributed by atoms with Crippen LogP contribution < -0.4 is 10.2 Å². The summed E-state index contributed by atoms with van der Waals surface area (Å²) in [7, 11) is 0. The number of ether oxygens (including phenoxy) is 1. The van der Waals surface area contributed by atoms with E-state index >= 15 is 0 Å². The molecule has 1 N–H and O–H groups in total. The largest absolute Gasteiger partial charge is 0.378 e. The molecule has 5 nitrogen and oxygen atoms in total. The molecule has 0 bridgehead atoms. The molecule has 1 saturated heterocycles. The molecule has 132 valence electrons. The molecule has 0 atom stereocenters. The first-order chi connectivity index (χ1) is 12.2. The van der Waals surface area contributed by atoms with Gasteiger partial charge >= 0.3 is 0 Å². The second-order valence-electron chi connectivity index (χ2n) is 5.95. The maximum atomic E-state index is 12.1. The van der Waals surface area contributed by atoms with Crippen molar-refractivity contribution in [2.45, 2.75) is 19.3 Å². The van der Waals surface area contributed by atoms with Crippen LogP contribution in [0.15, 0.2) is 41.8 Å². The number of anilines is 2. The zero-order chi connectivity index (χ0) is 17.5. The van der Waals surface area contributed by atoms with E-state index in [1.165, 1.54) is 11.3 Å². The molecule has 1 aliphatic heterocycles. The fraction of sp³-hybridized carbons (Fsp3) is 0.368. The number of morpholine rings is 1. The number of hydrogen-bond donors (Lipinski definition) is 1. The summed E-state index contributed by atoms with van der Waals surface area (Å²) in [5.41, 5.74) is 1.88. The number of carbonyl (C=O) groups is 2. The molecule has 1 aromatic carbocycles. The van der Waals surface area contributed by atoms with Gasteiger partial charge < -0.3 is 15.0 Å². The Balaban J connectivity index is 1.46. The highest BCUT2D eigenvalue weighted by atomic mass is 32.1. The minimum absolute atomic E-state index is 0.0573. The van der Waals surface area contributed by atoms with Gasteiger partial charge in [-0.1, -0.05) is 12.1 Å². The van der Waals surface area contributed by atoms with E-state index in [0.29, 0.717) is 19.3 Å². The average molecular weight is 358 g/mol. The maximum Gasteiger partial charge on any atom is 0.224 e. The lowest BCUT2D eigenvalue weighted by molar-refractivity contribution is -0.116. The number of ketones is 1. The number of nitrogens with zero attached hydrogens (tertiary/aromatic N) is 1. The van der Waals surface area contributed by atoms with Crippen LogP contribution in [0.4, 0.5) is 11.4 Å². The molecule has 0 unspecified atom stereocenters. The Morgan fingerprint density at radius 2 is 1.96 bits per heavy atom. The lowest BCUT2D eigenvalue weighted by Crippen LogP contribution is -2.36. The highest BCUT2D eigenvalue weighted by Crippen LogP contribution is 2.21. The number of thiophene rings is 1. The summed E-state index contributed by atoms with van der Waals surface area (Å²) in [6.45, 7) is 3.19. The van der Waals surface area contributed by atoms with E-state index in [2.05, 4.69) is 10.2 Å². The van der Waals surface area contributed by atoms with Crippen LogP contribution in [-0.4, -0.2) is 38.0 Å². The van der Waals surface area contributed by atoms with Crippen molar-refractivity contribution < 1.29 is 14.3 Å². The SMILES string of the molecule is O=C(CCCC(=O)c1cccs1)Nc1cccc(N2CCOCC2)c1. The van der Waals surface area contributed by atoms with Gasteiger partial charge in [0.2, 0.25) is 5.91 Å². The molecule has 1 amide bonds. The second-order valence-corrected chi connectivity index (χ2v) is 6.90. The van der Waals surface area contributed by atoms with Crippen molar-refractivity contribution in [2.75, 3.05) is 36.5 Å². The summed E-state index contributed by atoms with van der Waals surface area (Å²) in [5.74, 6) is 0.0511. The molecule has 1 aromatic heterocycles. The van der Waals surface area contributed by atoms with E-state index in [4.69, 9.17) is 4.74 Å². The van der Waals surface area contributed by atoms with E-state index in [-0.39, 0.29) is 11.7 Å². The Morgan fingerprint density at radius 1 is 1.12 bits per heavy atom. The van der Waals surface area contributed by atoms with Crippen molar-refractivity contribution in [1.29, 1.82) is 0 Å². The number of rotatable bonds is 7. The standard InChI is InChI=1S/C19H22N2O3S/c22-17(18-7-3-13-25-18)6-2-8-19(23)20-15-4-1-5-16(14-15)21-9-11-24-12-10-21/h1,3-5,7,13-14H,2,6,8-12H2,(H,20,23). The number of carbonyl (C=O) groups excluding carboxylic acids is 2. The molecule has 2 aromatic rings. The summed E-state index contributed by atoms with van der Waals surface area (Å²) in [6, 6.07) is 11.6. The van der Waals surface area contributed by atoms with Gasteiger partial charge in [0, 0.05) is 37.3 Å². The van der Waals surface area contributed by atoms with Crippen LogP contribution in [-0.2, 0) is 9.53 Å². The van der Waals surface area contributed by atoms with Crippen molar-refractivity contribution in [1.82, 2.24) is 0 Å². The maximum absolute atomic E-state index is 12.1. The third kappa shape index (κ3) is 5.14. The van der Waals surface area contributed by atoms with Crippen LogP contribution in [0.5, 0.6) is 0 Å². The van der Waals surface area contributed by atoms with Crippen molar-refractivity contribution >= 4 is 34.4 Å². The van der Waals surface area contributed by atoms with E-state index in [1.54, 1.807) is 0 Å². The Hall–Kier alpha value is -2.18. The molecule has 6 heteroatoms. The highest BCUT2D eigenvalue weighted by Gasteiger charge is 2.12. The summed E-state index contributed by atoms with van der Waals surface area (Å²) in [4.78, 5) is 27.1. The molecular formula is C19H22N2O3S. The third-order valence-electron chi connectivity index (χ3n) is 4.11. The number of Topliss-reactive ketones (excluding diaryl/α,β-unsaturated/α-hetero) is 1. The third-order valence-corrected chi connectivity index (χ3v) is 5.02. The second kappa shape index (κ2) is 8.78. The predicted molar refractivity (Wildman–Crippen MR) is 101 cm³/mol. The zero-order valence-corrected chi connectivity index (χ0v) is 14.9. The summed E-state index contributed by atoms with van der Waals surface area (Å²) >= 11 is 1.44. The number of nitrogens with one attached hydrogen (secondary N) is 1. The topological polar surface area (TPSA) is 58.6 Å². The molecule has 3 rings (SSSR count). The lowest BCUT2D eigenvalue weighted by atomic mass is 10.1. The Kier molecular flexibility index (Phi) is 6.19. The van der Waals surface area contributed by atoms with Gasteiger partial charge in [-0.3, -0.25) is 9.59 Å². The molecule has 1 fully saturated rings. The Labute approximate surface area is 151 Å². The molecule has 0 radical (unpaired) electrons. The molecule has 2 heterocycles. The van der Waals surface area contributed by atoms with Crippen molar-refractivity contribution in [3.05, 3.63) is 46.7 Å². The number of hydrogen-bond acceptors (Lipinski definition) is 5. The van der Waals surface area contributed by atoms with Crippen LogP contribution in [0.2, 0.25) is 0 Å². The van der Waals surface area contributed by atoms with Gasteiger partial charge in [-0.2, -0.15) is 0 Å². The van der Waals surface area contributed by atoms with Crippen LogP contribution in [0.1, 0.15) is 28.9 Å². The van der Waals surface area contributed by atoms with Gasteiger partial charge in [0.1, 0.15) is 0 Å². The van der Waals surface area contributed by atoms with Gasteiger partial charge in [-0.15, -0.1) is 11.3 Å². The number of amides is 1. The van der Waals surface area contributed by atoms with Gasteiger partial charge in [0.25, 0.3) is 0 Å². The van der Waals surface area contributed by atoms with Crippen LogP contribution >= 0.6 is 11.3 Å². The normalized spacial score (nSPS) is 14.3. The van der Waals surface area contributed by atoms with E-state index < -0.39 is 0 Å². The van der Waals surface area contributed by atoms with Gasteiger partial charge in [0.15, 0.2) is 5.78 Å². The van der Waals surface area contributed by atoms with Crippen molar-refractivity contribution in [3.63, 3.8) is 0 Å². The minimum atomic E-state index is -0.0573. The first kappa shape index (κ1) is 17.6. The first-order valence-electron chi connectivity index (χ1n) is 8.52. The highest BCUT2D eigenvalue weighted by molar-refractivity contribution is 7.12. The van der Waals surface area contributed by atoms with Gasteiger partial charge in [-0.05, 0) is 36.1 Å². The molecule has 25 heavy (non-hydrogen) atoms. The van der Waals surface area contributed by atoms with Gasteiger partial charge in [0.05, 0.1) is 18.1 Å². The van der Waals surface area contributed by atoms with Crippen LogP contribution in [0.3, 0.4) is 0 Å². The molecule has 0 spiro atoms. The van der Waals surface area contributed by atoms with E-state index in [0.717, 1.165) is 42.6 Å². The summed E-state index contributed by atoms with van der Waals surface area (Å²) in [5, 5.41) is 4.81. The zero-order valence-electron chi connectivity index (χ0n) is 14.1.